The Hall–Kier alpha value is -12.5. The Kier molecular flexibility index (Phi) is 40.7. The van der Waals surface area contributed by atoms with E-state index in [0.717, 1.165) is 103 Å². The molecule has 6 aliphatic heterocycles. The van der Waals surface area contributed by atoms with Gasteiger partial charge in [0.15, 0.2) is 5.78 Å². The molecule has 0 amide bonds. The molecule has 6 heterocycles. The number of carbonyl (C=O) groups is 7. The number of methoxy groups -OCH3 is 7. The molecule has 8 aromatic rings. The third-order valence-corrected chi connectivity index (χ3v) is 23.6. The highest BCUT2D eigenvalue weighted by Gasteiger charge is 2.29. The van der Waals surface area contributed by atoms with Gasteiger partial charge in [-0.3, -0.25) is 4.79 Å². The summed E-state index contributed by atoms with van der Waals surface area (Å²) in [5.41, 5.74) is 12.6. The predicted octanol–water partition coefficient (Wildman–Crippen LogP) is 21.2. The van der Waals surface area contributed by atoms with Gasteiger partial charge in [0.1, 0.15) is 82.7 Å². The van der Waals surface area contributed by atoms with Gasteiger partial charge in [0, 0.05) is 66.9 Å². The molecule has 0 saturated heterocycles. The van der Waals surface area contributed by atoms with E-state index in [1.54, 1.807) is 80.1 Å². The number of ether oxygens (including phenoxy) is 13. The number of ketones is 1. The first-order valence-corrected chi connectivity index (χ1v) is 45.3. The average molecular weight is 1870 g/mol. The van der Waals surface area contributed by atoms with Gasteiger partial charge in [-0.25, -0.2) is 33.2 Å². The molecule has 8 aromatic carbocycles. The SMILES string of the molecule is COC1=CC(=O)CC(/C=C/c2ccc3c(c2)CCC3)C1.COC1=CC(=O)OC(CCc2ccc(Br)cc2)C1.COC1=CC(=O)OC(CCc2ccc(C)cc2)C1.COC1=CC(=O)OC(CCc2ccc(Cl)cc2)C1.COC1=CC(=O)OC(CCc2ccc(F)cc2)C1.COC1=CC(=O)OC(CCc2ccc(O)cc2)C1.COC1=CC(=O)OC(CCc2ccc3ccccc3c2)C1. The molecule has 2 aliphatic carbocycles. The molecular weight excluding hydrogens is 1760 g/mol. The van der Waals surface area contributed by atoms with Crippen LogP contribution in [0.15, 0.2) is 275 Å². The van der Waals surface area contributed by atoms with Crippen LogP contribution in [0.5, 0.6) is 5.75 Å². The van der Waals surface area contributed by atoms with Gasteiger partial charge in [0.25, 0.3) is 0 Å². The number of aromatic hydroxyl groups is 1. The Morgan fingerprint density at radius 1 is 0.366 bits per heavy atom. The molecular formula is C107H117BrClFO21. The van der Waals surface area contributed by atoms with Crippen LogP contribution in [0.25, 0.3) is 16.8 Å². The van der Waals surface area contributed by atoms with E-state index < -0.39 is 0 Å². The highest BCUT2D eigenvalue weighted by Crippen LogP contribution is 2.31. The standard InChI is InChI=1S/C18H18O3.C18H20O2.C15H18O3.C14H15BrO3.C14H15ClO3.C14H15FO3.C14H16O4/c1-20-17-11-16(21-18(19)12-17)9-7-13-6-8-14-4-2-3-5-15(14)10-13;1-20-18-11-14(10-17(19)12-18)6-5-13-7-8-15-3-2-4-16(15)9-13;1-11-3-5-12(6-4-11)7-8-13-9-14(17-2)10-15(16)18-13;4*1-17-13-8-12(18-14(16)9-13)7-4-10-2-5-11(15)6-3-10/h2-6,8,10,12,16H,7,9,11H2,1H3;5-9,12,14H,2-4,10-11H2,1H3;3-6,10,13H,7-9H2,1-2H3;3*2-3,5-6,9,12H,4,7-8H2,1H3;2-3,5-6,9,12,15H,4,7-8H2,1H3/b;6-5+;;;;;. The lowest BCUT2D eigenvalue weighted by Crippen LogP contribution is -2.23. The molecule has 7 atom stereocenters. The minimum absolute atomic E-state index is 0.0706. The van der Waals surface area contributed by atoms with Crippen molar-refractivity contribution in [3.63, 3.8) is 0 Å². The van der Waals surface area contributed by atoms with Gasteiger partial charge in [-0.05, 0) is 219 Å². The number of aryl methyl sites for hydroxylation is 9. The maximum absolute atomic E-state index is 12.7. The molecule has 16 rings (SSSR count). The van der Waals surface area contributed by atoms with E-state index in [2.05, 4.69) is 120 Å². The number of fused-ring (bicyclic) bond motifs is 2. The first-order chi connectivity index (χ1) is 63.3. The van der Waals surface area contributed by atoms with Crippen LogP contribution in [-0.2, 0) is 147 Å². The molecule has 692 valence electrons. The van der Waals surface area contributed by atoms with E-state index in [-0.39, 0.29) is 95.7 Å². The number of hydrogen-bond acceptors (Lipinski definition) is 21. The van der Waals surface area contributed by atoms with Crippen LogP contribution >= 0.6 is 27.5 Å². The molecule has 0 fully saturated rings. The minimum atomic E-state index is -0.359. The van der Waals surface area contributed by atoms with Gasteiger partial charge in [0.05, 0.1) is 92.0 Å². The van der Waals surface area contributed by atoms with Crippen LogP contribution in [-0.4, -0.2) is 133 Å². The zero-order valence-corrected chi connectivity index (χ0v) is 77.9. The van der Waals surface area contributed by atoms with Crippen molar-refractivity contribution in [3.8, 4) is 5.75 Å². The summed E-state index contributed by atoms with van der Waals surface area (Å²) in [5.74, 6) is 3.42. The summed E-state index contributed by atoms with van der Waals surface area (Å²) >= 11 is 9.23. The zero-order valence-electron chi connectivity index (χ0n) is 75.6. The maximum Gasteiger partial charge on any atom is 0.334 e. The summed E-state index contributed by atoms with van der Waals surface area (Å²) in [7, 11) is 11.1. The lowest BCUT2D eigenvalue weighted by atomic mass is 9.91. The molecule has 0 radical (unpaired) electrons. The summed E-state index contributed by atoms with van der Waals surface area (Å²) in [6, 6.07) is 59.2. The fourth-order valence-corrected chi connectivity index (χ4v) is 16.0. The number of halogens is 3. The maximum atomic E-state index is 12.7. The Morgan fingerprint density at radius 3 is 1.08 bits per heavy atom. The van der Waals surface area contributed by atoms with Crippen molar-refractivity contribution in [2.75, 3.05) is 49.8 Å². The summed E-state index contributed by atoms with van der Waals surface area (Å²) < 4.78 is 81.2. The normalized spacial score (nSPS) is 19.4. The first kappa shape index (κ1) is 101. The molecule has 7 unspecified atom stereocenters. The molecule has 21 nitrogen and oxygen atoms in total. The van der Waals surface area contributed by atoms with Crippen molar-refractivity contribution >= 4 is 86.0 Å². The molecule has 131 heavy (non-hydrogen) atoms. The second-order valence-corrected chi connectivity index (χ2v) is 34.0. The van der Waals surface area contributed by atoms with Crippen molar-refractivity contribution in [1.82, 2.24) is 0 Å². The van der Waals surface area contributed by atoms with Crippen molar-refractivity contribution in [2.24, 2.45) is 5.92 Å². The summed E-state index contributed by atoms with van der Waals surface area (Å²) in [6.07, 6.45) is 32.5. The lowest BCUT2D eigenvalue weighted by molar-refractivity contribution is -0.146. The average Bonchev–Trinajstić information content (AvgIpc) is 1.81. The van der Waals surface area contributed by atoms with E-state index in [1.165, 1.54) is 123 Å². The van der Waals surface area contributed by atoms with Gasteiger partial charge in [-0.2, -0.15) is 0 Å². The number of esters is 6. The van der Waals surface area contributed by atoms with Crippen molar-refractivity contribution in [1.29, 1.82) is 0 Å². The topological polar surface area (TPSA) is 260 Å². The Balaban J connectivity index is 0.000000159. The van der Waals surface area contributed by atoms with Gasteiger partial charge in [-0.15, -0.1) is 0 Å². The highest BCUT2D eigenvalue weighted by atomic mass is 79.9. The van der Waals surface area contributed by atoms with E-state index in [1.807, 2.05) is 60.7 Å². The monoisotopic (exact) mass is 1870 g/mol. The van der Waals surface area contributed by atoms with Crippen LogP contribution in [0.3, 0.4) is 0 Å². The third kappa shape index (κ3) is 35.7. The predicted molar refractivity (Wildman–Crippen MR) is 503 cm³/mol. The van der Waals surface area contributed by atoms with E-state index >= 15 is 0 Å². The quantitative estimate of drug-likeness (QED) is 0.0370. The van der Waals surface area contributed by atoms with E-state index in [4.69, 9.17) is 73.2 Å². The van der Waals surface area contributed by atoms with Gasteiger partial charge < -0.3 is 66.7 Å². The number of cyclic esters (lactones) is 6. The van der Waals surface area contributed by atoms with Crippen LogP contribution < -0.4 is 0 Å². The molecule has 0 bridgehead atoms. The molecule has 24 heteroatoms. The van der Waals surface area contributed by atoms with Crippen LogP contribution in [0.1, 0.15) is 152 Å². The summed E-state index contributed by atoms with van der Waals surface area (Å²) in [4.78, 5) is 79.6. The van der Waals surface area contributed by atoms with Crippen molar-refractivity contribution in [2.45, 2.75) is 191 Å². The third-order valence-electron chi connectivity index (χ3n) is 22.9. The molecule has 8 aliphatic rings. The Bertz CT molecular complexity index is 4870. The fraction of sp³-hybridized carbons (Fsp3) is 0.355. The Labute approximate surface area is 780 Å². The summed E-state index contributed by atoms with van der Waals surface area (Å²) in [6.45, 7) is 2.07. The number of allylic oxidation sites excluding steroid dienone is 3. The fourth-order valence-electron chi connectivity index (χ4n) is 15.6. The molecule has 0 aromatic heterocycles. The zero-order chi connectivity index (χ0) is 93.4. The second kappa shape index (κ2) is 53.0. The number of hydrogen-bond donors (Lipinski definition) is 1. The van der Waals surface area contributed by atoms with Gasteiger partial charge in [0.2, 0.25) is 0 Å². The number of rotatable bonds is 27. The van der Waals surface area contributed by atoms with E-state index in [9.17, 15) is 43.1 Å². The second-order valence-electron chi connectivity index (χ2n) is 32.6. The molecule has 0 saturated carbocycles. The smallest absolute Gasteiger partial charge is 0.334 e. The van der Waals surface area contributed by atoms with E-state index in [0.29, 0.717) is 85.9 Å². The number of phenols is 1. The van der Waals surface area contributed by atoms with Crippen LogP contribution in [0.2, 0.25) is 5.02 Å². The van der Waals surface area contributed by atoms with Crippen LogP contribution in [0.4, 0.5) is 4.39 Å². The minimum Gasteiger partial charge on any atom is -0.508 e. The van der Waals surface area contributed by atoms with Crippen molar-refractivity contribution < 1.29 is 105 Å². The number of carbonyl (C=O) groups excluding carboxylic acids is 7. The van der Waals surface area contributed by atoms with Gasteiger partial charge in [-0.1, -0.05) is 179 Å². The Morgan fingerprint density at radius 2 is 0.695 bits per heavy atom. The molecule has 1 N–H and O–H groups in total. The highest BCUT2D eigenvalue weighted by molar-refractivity contribution is 9.10. The first-order valence-electron chi connectivity index (χ1n) is 44.2. The van der Waals surface area contributed by atoms with Gasteiger partial charge >= 0.3 is 35.8 Å². The molecule has 0 spiro atoms. The van der Waals surface area contributed by atoms with Crippen LogP contribution in [0, 0.1) is 18.7 Å². The number of benzene rings is 8. The van der Waals surface area contributed by atoms with Crippen molar-refractivity contribution in [3.05, 3.63) is 342 Å². The number of phenolic OH excluding ortho intramolecular Hbond substituents is 1. The largest absolute Gasteiger partial charge is 0.508 e. The lowest BCUT2D eigenvalue weighted by Gasteiger charge is -2.22. The summed E-state index contributed by atoms with van der Waals surface area (Å²) in [5, 5.41) is 12.4.